The predicted molar refractivity (Wildman–Crippen MR) is 236 cm³/mol. The van der Waals surface area contributed by atoms with E-state index in [-0.39, 0.29) is 5.41 Å². The van der Waals surface area contributed by atoms with Gasteiger partial charge in [-0.1, -0.05) is 135 Å². The lowest BCUT2D eigenvalue weighted by molar-refractivity contribution is 0.632. The summed E-state index contributed by atoms with van der Waals surface area (Å²) in [5, 5.41) is 7.51. The number of hydrogen-bond acceptors (Lipinski definition) is 2. The quantitative estimate of drug-likeness (QED) is 0.180. The van der Waals surface area contributed by atoms with Gasteiger partial charge in [0.1, 0.15) is 0 Å². The summed E-state index contributed by atoms with van der Waals surface area (Å²) in [5.41, 5.74) is 15.7. The molecule has 264 valence electrons. The van der Waals surface area contributed by atoms with E-state index in [0.717, 1.165) is 17.1 Å². The molecule has 0 radical (unpaired) electrons. The van der Waals surface area contributed by atoms with Crippen LogP contribution in [-0.4, -0.2) is 4.57 Å². The Bertz CT molecular complexity index is 3220. The fourth-order valence-corrected chi connectivity index (χ4v) is 9.88. The fraction of sp³-hybridized carbons (Fsp3) is 0.0566. The van der Waals surface area contributed by atoms with E-state index in [2.05, 4.69) is 216 Å². The monoisotopic (exact) mass is 715 g/mol. The molecule has 3 heterocycles. The molecule has 10 aromatic rings. The maximum atomic E-state index is 2.52. The van der Waals surface area contributed by atoms with Gasteiger partial charge >= 0.3 is 0 Å². The molecule has 3 heteroatoms. The molecule has 0 spiro atoms. The Morgan fingerprint density at radius 1 is 0.375 bits per heavy atom. The van der Waals surface area contributed by atoms with Crippen LogP contribution in [0.15, 0.2) is 188 Å². The molecule has 0 atom stereocenters. The molecule has 9 aromatic carbocycles. The van der Waals surface area contributed by atoms with Crippen LogP contribution in [0.4, 0.5) is 34.1 Å². The van der Waals surface area contributed by atoms with Crippen LogP contribution in [0.2, 0.25) is 0 Å². The van der Waals surface area contributed by atoms with E-state index in [9.17, 15) is 0 Å². The first kappa shape index (κ1) is 31.3. The zero-order chi connectivity index (χ0) is 37.1. The molecule has 0 saturated carbocycles. The largest absolute Gasteiger partial charge is 0.310 e. The number of fused-ring (bicyclic) bond motifs is 9. The molecular formula is C53H37N3. The topological polar surface area (TPSA) is 11.4 Å². The molecule has 3 nitrogen and oxygen atoms in total. The Morgan fingerprint density at radius 2 is 1.05 bits per heavy atom. The average molecular weight is 716 g/mol. The summed E-state index contributed by atoms with van der Waals surface area (Å²) in [4.78, 5) is 4.99. The minimum absolute atomic E-state index is 0.219. The first-order valence-corrected chi connectivity index (χ1v) is 19.5. The van der Waals surface area contributed by atoms with Crippen molar-refractivity contribution in [2.75, 3.05) is 9.80 Å². The molecule has 0 bridgehead atoms. The number of benzene rings is 9. The highest BCUT2D eigenvalue weighted by molar-refractivity contribution is 6.20. The first-order valence-electron chi connectivity index (χ1n) is 19.5. The second-order valence-corrected chi connectivity index (χ2v) is 15.8. The molecule has 2 aliphatic heterocycles. The summed E-state index contributed by atoms with van der Waals surface area (Å²) < 4.78 is 2.45. The zero-order valence-electron chi connectivity index (χ0n) is 31.2. The van der Waals surface area contributed by atoms with E-state index in [4.69, 9.17) is 0 Å². The van der Waals surface area contributed by atoms with Crippen LogP contribution >= 0.6 is 0 Å². The summed E-state index contributed by atoms with van der Waals surface area (Å²) in [6.07, 6.45) is 0. The van der Waals surface area contributed by atoms with Gasteiger partial charge in [-0.25, -0.2) is 0 Å². The Balaban J connectivity index is 1.17. The Labute approximate surface area is 325 Å². The van der Waals surface area contributed by atoms with E-state index in [0.29, 0.717) is 0 Å². The van der Waals surface area contributed by atoms with Crippen LogP contribution in [0.5, 0.6) is 0 Å². The number of aromatic nitrogens is 1. The molecular weight excluding hydrogens is 679 g/mol. The van der Waals surface area contributed by atoms with E-state index in [1.165, 1.54) is 88.4 Å². The van der Waals surface area contributed by atoms with E-state index in [1.54, 1.807) is 0 Å². The van der Waals surface area contributed by atoms with Crippen molar-refractivity contribution in [1.29, 1.82) is 0 Å². The van der Waals surface area contributed by atoms with Gasteiger partial charge in [-0.2, -0.15) is 0 Å². The second-order valence-electron chi connectivity index (χ2n) is 15.8. The normalized spacial score (nSPS) is 14.0. The molecule has 0 N–H and O–H groups in total. The summed E-state index contributed by atoms with van der Waals surface area (Å²) >= 11 is 0. The van der Waals surface area contributed by atoms with Crippen LogP contribution in [0.1, 0.15) is 25.0 Å². The van der Waals surface area contributed by atoms with Gasteiger partial charge in [0.25, 0.3) is 0 Å². The Kier molecular flexibility index (Phi) is 6.40. The predicted octanol–water partition coefficient (Wildman–Crippen LogP) is 14.6. The third kappa shape index (κ3) is 4.23. The standard InChI is InChI=1S/C53H37N3/c1-53(2)44-24-11-12-25-47(44)54(36-18-5-3-6-19-36)50-33-49-43(32-45(50)53)40-23-13-16-35-17-14-26-48(51(35)40)55(49)38-28-30-46-42(31-38)41-29-27-34-15-9-10-22-39(34)52(41)56(46)37-20-7-4-8-21-37/h3-33H,1-2H3. The molecule has 0 unspecified atom stereocenters. The third-order valence-electron chi connectivity index (χ3n) is 12.4. The maximum absolute atomic E-state index is 2.52. The molecule has 2 aliphatic rings. The van der Waals surface area contributed by atoms with Crippen LogP contribution in [0.3, 0.4) is 0 Å². The van der Waals surface area contributed by atoms with Crippen LogP contribution in [-0.2, 0) is 5.41 Å². The number of rotatable bonds is 3. The molecule has 0 fully saturated rings. The molecule has 56 heavy (non-hydrogen) atoms. The lowest BCUT2D eigenvalue weighted by Gasteiger charge is -2.44. The number of hydrogen-bond donors (Lipinski definition) is 0. The van der Waals surface area contributed by atoms with Gasteiger partial charge in [0.15, 0.2) is 0 Å². The van der Waals surface area contributed by atoms with Crippen molar-refractivity contribution in [1.82, 2.24) is 4.57 Å². The number of nitrogens with zero attached hydrogens (tertiary/aromatic N) is 3. The lowest BCUT2D eigenvalue weighted by Crippen LogP contribution is -2.31. The second kappa shape index (κ2) is 11.5. The zero-order valence-corrected chi connectivity index (χ0v) is 31.2. The minimum atomic E-state index is -0.219. The van der Waals surface area contributed by atoms with Crippen LogP contribution in [0.25, 0.3) is 60.2 Å². The van der Waals surface area contributed by atoms with Crippen LogP contribution in [0, 0.1) is 0 Å². The highest BCUT2D eigenvalue weighted by Crippen LogP contribution is 2.58. The van der Waals surface area contributed by atoms with Crippen LogP contribution < -0.4 is 9.80 Å². The van der Waals surface area contributed by atoms with Gasteiger partial charge in [0.2, 0.25) is 0 Å². The van der Waals surface area contributed by atoms with E-state index < -0.39 is 0 Å². The average Bonchev–Trinajstić information content (AvgIpc) is 3.58. The van der Waals surface area contributed by atoms with Crippen molar-refractivity contribution in [3.63, 3.8) is 0 Å². The van der Waals surface area contributed by atoms with Gasteiger partial charge in [-0.3, -0.25) is 0 Å². The lowest BCUT2D eigenvalue weighted by atomic mass is 9.72. The Hall–Kier alpha value is -7.10. The SMILES string of the molecule is CC1(C)c2ccccc2N(c2ccccc2)c2cc3c(cc21)-c1cccc2cccc(c12)N3c1ccc2c(c1)c1ccc3ccccc3c1n2-c1ccccc1. The molecule has 0 aliphatic carbocycles. The molecule has 12 rings (SSSR count). The molecule has 0 saturated heterocycles. The third-order valence-corrected chi connectivity index (χ3v) is 12.4. The van der Waals surface area contributed by atoms with Crippen molar-refractivity contribution in [2.45, 2.75) is 19.3 Å². The van der Waals surface area contributed by atoms with Gasteiger partial charge in [0, 0.05) is 49.6 Å². The summed E-state index contributed by atoms with van der Waals surface area (Å²) in [7, 11) is 0. The first-order chi connectivity index (χ1) is 27.6. The molecule has 1 aromatic heterocycles. The van der Waals surface area contributed by atoms with E-state index in [1.807, 2.05) is 0 Å². The minimum Gasteiger partial charge on any atom is -0.310 e. The van der Waals surface area contributed by atoms with Crippen molar-refractivity contribution in [2.24, 2.45) is 0 Å². The Morgan fingerprint density at radius 3 is 1.89 bits per heavy atom. The maximum Gasteiger partial charge on any atom is 0.0619 e. The van der Waals surface area contributed by atoms with Crippen molar-refractivity contribution >= 4 is 77.5 Å². The van der Waals surface area contributed by atoms with Gasteiger partial charge in [-0.05, 0) is 94.2 Å². The van der Waals surface area contributed by atoms with Crippen molar-refractivity contribution < 1.29 is 0 Å². The van der Waals surface area contributed by atoms with Crippen molar-refractivity contribution in [3.05, 3.63) is 199 Å². The van der Waals surface area contributed by atoms with Crippen molar-refractivity contribution in [3.8, 4) is 16.8 Å². The van der Waals surface area contributed by atoms with Gasteiger partial charge in [0.05, 0.1) is 33.8 Å². The summed E-state index contributed by atoms with van der Waals surface area (Å²) in [6, 6.07) is 69.5. The highest BCUT2D eigenvalue weighted by Gasteiger charge is 2.39. The van der Waals surface area contributed by atoms with E-state index >= 15 is 0 Å². The summed E-state index contributed by atoms with van der Waals surface area (Å²) in [6.45, 7) is 4.77. The fourth-order valence-electron chi connectivity index (χ4n) is 9.88. The van der Waals surface area contributed by atoms with Gasteiger partial charge in [-0.15, -0.1) is 0 Å². The number of anilines is 6. The summed E-state index contributed by atoms with van der Waals surface area (Å²) in [5.74, 6) is 0. The molecule has 0 amide bonds. The van der Waals surface area contributed by atoms with Gasteiger partial charge < -0.3 is 14.4 Å². The smallest absolute Gasteiger partial charge is 0.0619 e. The number of para-hydroxylation sites is 3. The highest BCUT2D eigenvalue weighted by atomic mass is 15.2.